The number of benzene rings is 1. The molecule has 0 aliphatic carbocycles. The van der Waals surface area contributed by atoms with Gasteiger partial charge in [-0.1, -0.05) is 23.7 Å². The Hall–Kier alpha value is -2.14. The lowest BCUT2D eigenvalue weighted by Gasteiger charge is -2.07. The maximum atomic E-state index is 5.94. The van der Waals surface area contributed by atoms with Crippen LogP contribution in [0.1, 0.15) is 17.2 Å². The number of fused-ring (bicyclic) bond motifs is 1. The van der Waals surface area contributed by atoms with Crippen molar-refractivity contribution in [3.63, 3.8) is 0 Å². The van der Waals surface area contributed by atoms with Gasteiger partial charge in [0.05, 0.1) is 17.6 Å². The molecule has 21 heavy (non-hydrogen) atoms. The van der Waals surface area contributed by atoms with Crippen LogP contribution in [0.3, 0.4) is 0 Å². The van der Waals surface area contributed by atoms with Crippen LogP contribution in [-0.2, 0) is 13.6 Å². The Bertz CT molecular complexity index is 789. The molecule has 2 heterocycles. The van der Waals surface area contributed by atoms with Gasteiger partial charge in [0, 0.05) is 13.1 Å². The Morgan fingerprint density at radius 3 is 2.71 bits per heavy atom. The predicted molar refractivity (Wildman–Crippen MR) is 84.6 cm³/mol. The van der Waals surface area contributed by atoms with E-state index in [1.807, 2.05) is 26.1 Å². The van der Waals surface area contributed by atoms with Crippen molar-refractivity contribution in [2.24, 2.45) is 7.05 Å². The Morgan fingerprint density at radius 1 is 1.19 bits per heavy atom. The topological polar surface area (TPSA) is 55.6 Å². The molecule has 0 atom stereocenters. The summed E-state index contributed by atoms with van der Waals surface area (Å²) in [6.45, 7) is 4.49. The molecule has 0 aliphatic heterocycles. The van der Waals surface area contributed by atoms with Crippen molar-refractivity contribution in [2.45, 2.75) is 20.4 Å². The Kier molecular flexibility index (Phi) is 3.51. The SMILES string of the molecule is Cc1nc(Cl)cc(NCc2nc3cccc(C)c3n2C)n1. The zero-order valence-electron chi connectivity index (χ0n) is 12.2. The first-order chi connectivity index (χ1) is 10.0. The number of hydrogen-bond donors (Lipinski definition) is 1. The monoisotopic (exact) mass is 301 g/mol. The van der Waals surface area contributed by atoms with E-state index in [1.54, 1.807) is 6.07 Å². The molecule has 0 aliphatic rings. The number of nitrogens with zero attached hydrogens (tertiary/aromatic N) is 4. The summed E-state index contributed by atoms with van der Waals surface area (Å²) in [6, 6.07) is 7.85. The average molecular weight is 302 g/mol. The second-order valence-corrected chi connectivity index (χ2v) is 5.39. The van der Waals surface area contributed by atoms with Gasteiger partial charge in [-0.15, -0.1) is 0 Å². The Morgan fingerprint density at radius 2 is 2.00 bits per heavy atom. The number of hydrogen-bond acceptors (Lipinski definition) is 4. The summed E-state index contributed by atoms with van der Waals surface area (Å²) in [5.41, 5.74) is 3.38. The van der Waals surface area contributed by atoms with Crippen molar-refractivity contribution in [1.82, 2.24) is 19.5 Å². The molecular weight excluding hydrogens is 286 g/mol. The molecule has 0 saturated heterocycles. The van der Waals surface area contributed by atoms with Crippen LogP contribution in [0.5, 0.6) is 0 Å². The number of aromatic nitrogens is 4. The van der Waals surface area contributed by atoms with Gasteiger partial charge >= 0.3 is 0 Å². The smallest absolute Gasteiger partial charge is 0.134 e. The van der Waals surface area contributed by atoms with Crippen molar-refractivity contribution in [3.8, 4) is 0 Å². The average Bonchev–Trinajstić information content (AvgIpc) is 2.73. The number of aryl methyl sites for hydroxylation is 3. The fraction of sp³-hybridized carbons (Fsp3) is 0.267. The number of anilines is 1. The van der Waals surface area contributed by atoms with Crippen LogP contribution in [-0.4, -0.2) is 19.5 Å². The van der Waals surface area contributed by atoms with Crippen LogP contribution >= 0.6 is 11.6 Å². The van der Waals surface area contributed by atoms with E-state index in [9.17, 15) is 0 Å². The lowest BCUT2D eigenvalue weighted by Crippen LogP contribution is -2.08. The second kappa shape index (κ2) is 5.33. The third-order valence-corrected chi connectivity index (χ3v) is 3.62. The van der Waals surface area contributed by atoms with Gasteiger partial charge in [-0.2, -0.15) is 0 Å². The third-order valence-electron chi connectivity index (χ3n) is 3.42. The van der Waals surface area contributed by atoms with Crippen molar-refractivity contribution >= 4 is 28.5 Å². The molecule has 0 fully saturated rings. The Labute approximate surface area is 128 Å². The highest BCUT2D eigenvalue weighted by atomic mass is 35.5. The predicted octanol–water partition coefficient (Wildman–Crippen LogP) is 3.25. The molecule has 0 unspecified atom stereocenters. The summed E-state index contributed by atoms with van der Waals surface area (Å²) in [4.78, 5) is 13.0. The van der Waals surface area contributed by atoms with Crippen LogP contribution in [0.15, 0.2) is 24.3 Å². The van der Waals surface area contributed by atoms with Crippen LogP contribution in [0.2, 0.25) is 5.15 Å². The maximum absolute atomic E-state index is 5.94. The lowest BCUT2D eigenvalue weighted by atomic mass is 10.2. The molecule has 0 radical (unpaired) electrons. The minimum atomic E-state index is 0.436. The molecular formula is C15H16ClN5. The summed E-state index contributed by atoms with van der Waals surface area (Å²) >= 11 is 5.94. The van der Waals surface area contributed by atoms with Crippen molar-refractivity contribution in [2.75, 3.05) is 5.32 Å². The van der Waals surface area contributed by atoms with Gasteiger partial charge in [-0.05, 0) is 25.5 Å². The fourth-order valence-electron chi connectivity index (χ4n) is 2.46. The molecule has 2 aromatic heterocycles. The highest BCUT2D eigenvalue weighted by molar-refractivity contribution is 6.29. The Balaban J connectivity index is 1.88. The standard InChI is InChI=1S/C15H16ClN5/c1-9-5-4-6-11-15(9)21(3)14(20-11)8-17-13-7-12(16)18-10(2)19-13/h4-7H,8H2,1-3H3,(H,17,18,19). The van der Waals surface area contributed by atoms with E-state index in [1.165, 1.54) is 5.56 Å². The van der Waals surface area contributed by atoms with E-state index >= 15 is 0 Å². The number of halogens is 1. The molecule has 6 heteroatoms. The zero-order valence-corrected chi connectivity index (χ0v) is 12.9. The van der Waals surface area contributed by atoms with E-state index in [-0.39, 0.29) is 0 Å². The van der Waals surface area contributed by atoms with Crippen LogP contribution in [0.4, 0.5) is 5.82 Å². The molecule has 0 bridgehead atoms. The third kappa shape index (κ3) is 2.69. The molecule has 5 nitrogen and oxygen atoms in total. The summed E-state index contributed by atoms with van der Waals surface area (Å²) in [5.74, 6) is 2.30. The highest BCUT2D eigenvalue weighted by Gasteiger charge is 2.09. The normalized spacial score (nSPS) is 11.0. The number of para-hydroxylation sites is 1. The summed E-state index contributed by atoms with van der Waals surface area (Å²) in [5, 5.41) is 3.68. The number of imidazole rings is 1. The van der Waals surface area contributed by atoms with E-state index < -0.39 is 0 Å². The molecule has 108 valence electrons. The molecule has 0 saturated carbocycles. The van der Waals surface area contributed by atoms with Crippen LogP contribution in [0, 0.1) is 13.8 Å². The molecule has 1 N–H and O–H groups in total. The molecule has 0 amide bonds. The van der Waals surface area contributed by atoms with E-state index in [4.69, 9.17) is 11.6 Å². The molecule has 3 rings (SSSR count). The molecule has 0 spiro atoms. The maximum Gasteiger partial charge on any atom is 0.134 e. The number of rotatable bonds is 3. The van der Waals surface area contributed by atoms with Gasteiger partial charge in [0.25, 0.3) is 0 Å². The summed E-state index contributed by atoms with van der Waals surface area (Å²) < 4.78 is 2.10. The first-order valence-corrected chi connectivity index (χ1v) is 7.08. The summed E-state index contributed by atoms with van der Waals surface area (Å²) in [6.07, 6.45) is 0. The van der Waals surface area contributed by atoms with E-state index in [2.05, 4.69) is 37.8 Å². The van der Waals surface area contributed by atoms with E-state index in [0.29, 0.717) is 23.3 Å². The minimum absolute atomic E-state index is 0.436. The molecule has 1 aromatic carbocycles. The largest absolute Gasteiger partial charge is 0.363 e. The van der Waals surface area contributed by atoms with Crippen LogP contribution < -0.4 is 5.32 Å². The lowest BCUT2D eigenvalue weighted by molar-refractivity contribution is 0.829. The fourth-order valence-corrected chi connectivity index (χ4v) is 2.69. The van der Waals surface area contributed by atoms with Gasteiger partial charge in [-0.25, -0.2) is 15.0 Å². The first kappa shape index (κ1) is 13.8. The number of nitrogens with one attached hydrogen (secondary N) is 1. The van der Waals surface area contributed by atoms with Gasteiger partial charge in [-0.3, -0.25) is 0 Å². The van der Waals surface area contributed by atoms with Gasteiger partial charge in [0.15, 0.2) is 0 Å². The van der Waals surface area contributed by atoms with Crippen molar-refractivity contribution in [1.29, 1.82) is 0 Å². The summed E-state index contributed by atoms with van der Waals surface area (Å²) in [7, 11) is 2.03. The quantitative estimate of drug-likeness (QED) is 0.755. The zero-order chi connectivity index (χ0) is 15.0. The van der Waals surface area contributed by atoms with Crippen molar-refractivity contribution < 1.29 is 0 Å². The highest BCUT2D eigenvalue weighted by Crippen LogP contribution is 2.19. The van der Waals surface area contributed by atoms with E-state index in [0.717, 1.165) is 16.9 Å². The van der Waals surface area contributed by atoms with Crippen molar-refractivity contribution in [3.05, 3.63) is 46.6 Å². The van der Waals surface area contributed by atoms with Gasteiger partial charge in [0.1, 0.15) is 22.6 Å². The van der Waals surface area contributed by atoms with Crippen LogP contribution in [0.25, 0.3) is 11.0 Å². The van der Waals surface area contributed by atoms with Gasteiger partial charge in [0.2, 0.25) is 0 Å². The molecule has 3 aromatic rings. The first-order valence-electron chi connectivity index (χ1n) is 6.70. The van der Waals surface area contributed by atoms with Gasteiger partial charge < -0.3 is 9.88 Å². The minimum Gasteiger partial charge on any atom is -0.363 e. The second-order valence-electron chi connectivity index (χ2n) is 5.01.